The maximum Gasteiger partial charge on any atom is 0.251 e. The van der Waals surface area contributed by atoms with Gasteiger partial charge in [-0.15, -0.1) is 0 Å². The number of anilines is 1. The number of carbonyl (C=O) groups excluding carboxylic acids is 2. The Morgan fingerprint density at radius 3 is 2.32 bits per heavy atom. The van der Waals surface area contributed by atoms with E-state index < -0.39 is 0 Å². The lowest BCUT2D eigenvalue weighted by molar-refractivity contribution is -0.117. The zero-order chi connectivity index (χ0) is 21.6. The van der Waals surface area contributed by atoms with Crippen molar-refractivity contribution in [2.24, 2.45) is 5.92 Å². The van der Waals surface area contributed by atoms with Crippen LogP contribution < -0.4 is 15.0 Å². The van der Waals surface area contributed by atoms with E-state index in [1.807, 2.05) is 85.8 Å². The molecule has 1 saturated heterocycles. The van der Waals surface area contributed by atoms with E-state index in [9.17, 15) is 9.59 Å². The summed E-state index contributed by atoms with van der Waals surface area (Å²) in [5.41, 5.74) is 3.67. The van der Waals surface area contributed by atoms with Gasteiger partial charge in [0.1, 0.15) is 5.75 Å². The van der Waals surface area contributed by atoms with Crippen molar-refractivity contribution in [1.29, 1.82) is 0 Å². The Labute approximate surface area is 182 Å². The molecule has 1 heterocycles. The molecule has 1 aliphatic rings. The Bertz CT molecular complexity index is 1030. The fourth-order valence-corrected chi connectivity index (χ4v) is 3.84. The van der Waals surface area contributed by atoms with E-state index in [4.69, 9.17) is 4.74 Å². The summed E-state index contributed by atoms with van der Waals surface area (Å²) in [5.74, 6) is 0.841. The minimum absolute atomic E-state index is 0.0793. The van der Waals surface area contributed by atoms with Crippen LogP contribution in [0.15, 0.2) is 78.9 Å². The number of hydrogen-bond acceptors (Lipinski definition) is 3. The molecule has 1 aliphatic heterocycles. The summed E-state index contributed by atoms with van der Waals surface area (Å²) in [6, 6.07) is 25.2. The van der Waals surface area contributed by atoms with Crippen LogP contribution in [0, 0.1) is 5.92 Å². The fraction of sp³-hybridized carbons (Fsp3) is 0.231. The van der Waals surface area contributed by atoms with Gasteiger partial charge in [0, 0.05) is 36.7 Å². The van der Waals surface area contributed by atoms with Gasteiger partial charge in [0.25, 0.3) is 5.91 Å². The van der Waals surface area contributed by atoms with Crippen LogP contribution in [0.3, 0.4) is 0 Å². The number of nitrogens with one attached hydrogen (secondary N) is 1. The molecule has 0 saturated carbocycles. The number of amides is 2. The average Bonchev–Trinajstić information content (AvgIpc) is 3.19. The first-order valence-corrected chi connectivity index (χ1v) is 10.6. The molecule has 158 valence electrons. The van der Waals surface area contributed by atoms with Gasteiger partial charge in [0.15, 0.2) is 0 Å². The highest BCUT2D eigenvalue weighted by atomic mass is 16.5. The van der Waals surface area contributed by atoms with Gasteiger partial charge in [-0.1, -0.05) is 42.5 Å². The fourth-order valence-electron chi connectivity index (χ4n) is 3.84. The van der Waals surface area contributed by atoms with E-state index in [2.05, 4.69) is 5.32 Å². The monoisotopic (exact) mass is 414 g/mol. The van der Waals surface area contributed by atoms with Gasteiger partial charge in [-0.2, -0.15) is 0 Å². The first-order chi connectivity index (χ1) is 15.1. The molecule has 3 aromatic rings. The van der Waals surface area contributed by atoms with Gasteiger partial charge in [0.05, 0.1) is 6.61 Å². The first-order valence-electron chi connectivity index (χ1n) is 10.6. The number of nitrogens with zero attached hydrogens (tertiary/aromatic N) is 1. The topological polar surface area (TPSA) is 58.6 Å². The van der Waals surface area contributed by atoms with Crippen molar-refractivity contribution in [2.45, 2.75) is 13.3 Å². The summed E-state index contributed by atoms with van der Waals surface area (Å²) in [7, 11) is 0. The van der Waals surface area contributed by atoms with Crippen LogP contribution >= 0.6 is 0 Å². The molecule has 3 aromatic carbocycles. The number of ether oxygens (including phenoxy) is 1. The summed E-state index contributed by atoms with van der Waals surface area (Å²) in [5, 5.41) is 2.98. The predicted octanol–water partition coefficient (Wildman–Crippen LogP) is 4.54. The van der Waals surface area contributed by atoms with Crippen molar-refractivity contribution in [3.05, 3.63) is 84.4 Å². The van der Waals surface area contributed by atoms with E-state index >= 15 is 0 Å². The highest BCUT2D eigenvalue weighted by molar-refractivity contribution is 5.96. The van der Waals surface area contributed by atoms with E-state index in [-0.39, 0.29) is 17.7 Å². The van der Waals surface area contributed by atoms with Crippen molar-refractivity contribution in [3.8, 4) is 16.9 Å². The van der Waals surface area contributed by atoms with Crippen molar-refractivity contribution in [3.63, 3.8) is 0 Å². The molecule has 2 amide bonds. The summed E-state index contributed by atoms with van der Waals surface area (Å²) >= 11 is 0. The minimum atomic E-state index is -0.119. The lowest BCUT2D eigenvalue weighted by Gasteiger charge is -2.17. The maximum absolute atomic E-state index is 12.6. The van der Waals surface area contributed by atoms with Gasteiger partial charge in [-0.05, 0) is 54.4 Å². The molecule has 0 bridgehead atoms. The molecule has 0 radical (unpaired) electrons. The highest BCUT2D eigenvalue weighted by Crippen LogP contribution is 2.27. The van der Waals surface area contributed by atoms with Crippen molar-refractivity contribution < 1.29 is 14.3 Å². The van der Waals surface area contributed by atoms with Crippen molar-refractivity contribution >= 4 is 17.5 Å². The van der Waals surface area contributed by atoms with E-state index in [1.165, 1.54) is 0 Å². The van der Waals surface area contributed by atoms with Gasteiger partial charge in [-0.3, -0.25) is 9.59 Å². The van der Waals surface area contributed by atoms with Crippen LogP contribution in [0.1, 0.15) is 23.7 Å². The van der Waals surface area contributed by atoms with E-state index in [0.29, 0.717) is 31.7 Å². The summed E-state index contributed by atoms with van der Waals surface area (Å²) in [6.45, 7) is 3.62. The lowest BCUT2D eigenvalue weighted by Crippen LogP contribution is -2.31. The number of hydrogen-bond donors (Lipinski definition) is 1. The molecule has 0 spiro atoms. The SMILES string of the molecule is CCOc1ccc(N2CC(CNC(=O)c3ccc(-c4ccccc4)cc3)CC2=O)cc1. The number of carbonyl (C=O) groups is 2. The second-order valence-corrected chi connectivity index (χ2v) is 7.65. The first kappa shape index (κ1) is 20.7. The zero-order valence-electron chi connectivity index (χ0n) is 17.6. The third kappa shape index (κ3) is 4.94. The largest absolute Gasteiger partial charge is 0.494 e. The third-order valence-electron chi connectivity index (χ3n) is 5.47. The average molecular weight is 415 g/mol. The second kappa shape index (κ2) is 9.47. The van der Waals surface area contributed by atoms with Crippen LogP contribution in [0.4, 0.5) is 5.69 Å². The molecule has 31 heavy (non-hydrogen) atoms. The Hall–Kier alpha value is -3.60. The number of rotatable bonds is 7. The molecule has 0 aromatic heterocycles. The third-order valence-corrected chi connectivity index (χ3v) is 5.47. The molecule has 5 nitrogen and oxygen atoms in total. The Balaban J connectivity index is 1.32. The normalized spacial score (nSPS) is 15.7. The standard InChI is InChI=1S/C26H26N2O3/c1-2-31-24-14-12-23(13-15-24)28-18-19(16-25(28)29)17-27-26(30)22-10-8-21(9-11-22)20-6-4-3-5-7-20/h3-15,19H,2,16-18H2,1H3,(H,27,30). The highest BCUT2D eigenvalue weighted by Gasteiger charge is 2.30. The summed E-state index contributed by atoms with van der Waals surface area (Å²) < 4.78 is 5.46. The molecular weight excluding hydrogens is 388 g/mol. The lowest BCUT2D eigenvalue weighted by atomic mass is 10.0. The zero-order valence-corrected chi connectivity index (χ0v) is 17.6. The minimum Gasteiger partial charge on any atom is -0.494 e. The van der Waals surface area contributed by atoms with Crippen LogP contribution in [-0.4, -0.2) is 31.5 Å². The quantitative estimate of drug-likeness (QED) is 0.618. The molecule has 1 N–H and O–H groups in total. The summed E-state index contributed by atoms with van der Waals surface area (Å²) in [4.78, 5) is 26.8. The molecule has 1 atom stereocenters. The van der Waals surface area contributed by atoms with Crippen LogP contribution in [0.2, 0.25) is 0 Å². The van der Waals surface area contributed by atoms with Gasteiger partial charge in [0.2, 0.25) is 5.91 Å². The maximum atomic E-state index is 12.6. The van der Waals surface area contributed by atoms with Crippen LogP contribution in [0.5, 0.6) is 5.75 Å². The van der Waals surface area contributed by atoms with Crippen molar-refractivity contribution in [1.82, 2.24) is 5.32 Å². The van der Waals surface area contributed by atoms with Crippen LogP contribution in [-0.2, 0) is 4.79 Å². The molecule has 1 unspecified atom stereocenters. The number of benzene rings is 3. The predicted molar refractivity (Wildman–Crippen MR) is 122 cm³/mol. The van der Waals surface area contributed by atoms with E-state index in [1.54, 1.807) is 4.90 Å². The van der Waals surface area contributed by atoms with E-state index in [0.717, 1.165) is 22.6 Å². The summed E-state index contributed by atoms with van der Waals surface area (Å²) in [6.07, 6.45) is 0.431. The van der Waals surface area contributed by atoms with Gasteiger partial charge in [-0.25, -0.2) is 0 Å². The van der Waals surface area contributed by atoms with Gasteiger partial charge < -0.3 is 15.0 Å². The second-order valence-electron chi connectivity index (χ2n) is 7.65. The van der Waals surface area contributed by atoms with Crippen molar-refractivity contribution in [2.75, 3.05) is 24.6 Å². The molecule has 0 aliphatic carbocycles. The van der Waals surface area contributed by atoms with Crippen LogP contribution in [0.25, 0.3) is 11.1 Å². The molecule has 4 rings (SSSR count). The molecular formula is C26H26N2O3. The Morgan fingerprint density at radius 2 is 1.65 bits per heavy atom. The Morgan fingerprint density at radius 1 is 0.968 bits per heavy atom. The smallest absolute Gasteiger partial charge is 0.251 e. The molecule has 5 heteroatoms. The Kier molecular flexibility index (Phi) is 6.32. The van der Waals surface area contributed by atoms with Gasteiger partial charge >= 0.3 is 0 Å². The molecule has 1 fully saturated rings.